The summed E-state index contributed by atoms with van der Waals surface area (Å²) in [5, 5.41) is 9.90. The van der Waals surface area contributed by atoms with Gasteiger partial charge in [-0.15, -0.1) is 10.2 Å². The minimum Gasteiger partial charge on any atom is -0.495 e. The van der Waals surface area contributed by atoms with Crippen LogP contribution in [0.5, 0.6) is 5.75 Å². The van der Waals surface area contributed by atoms with Crippen molar-refractivity contribution in [2.75, 3.05) is 14.2 Å². The first-order valence-electron chi connectivity index (χ1n) is 7.68. The van der Waals surface area contributed by atoms with Gasteiger partial charge in [-0.1, -0.05) is 17.7 Å². The quantitative estimate of drug-likeness (QED) is 0.595. The number of nitrogens with two attached hydrogens (primary N) is 1. The van der Waals surface area contributed by atoms with Crippen molar-refractivity contribution in [1.82, 2.24) is 19.6 Å². The number of fused-ring (bicyclic) bond motifs is 3. The molecule has 0 atom stereocenters. The molecule has 0 aliphatic rings. The van der Waals surface area contributed by atoms with Gasteiger partial charge in [-0.25, -0.2) is 0 Å². The molecule has 2 N–H and O–H groups in total. The third-order valence-corrected chi connectivity index (χ3v) is 4.36. The van der Waals surface area contributed by atoms with E-state index in [2.05, 4.69) is 20.9 Å². The second-order valence-corrected chi connectivity index (χ2v) is 5.67. The van der Waals surface area contributed by atoms with Crippen LogP contribution in [0, 0.1) is 6.92 Å². The monoisotopic (exact) mass is 355 g/mol. The van der Waals surface area contributed by atoms with Crippen molar-refractivity contribution in [3.63, 3.8) is 0 Å². The van der Waals surface area contributed by atoms with Crippen LogP contribution in [0.1, 0.15) is 5.56 Å². The smallest absolute Gasteiger partial charge is 0.169 e. The Morgan fingerprint density at radius 1 is 1.20 bits per heavy atom. The van der Waals surface area contributed by atoms with E-state index in [4.69, 9.17) is 16.3 Å². The highest BCUT2D eigenvalue weighted by Crippen LogP contribution is 2.40. The highest BCUT2D eigenvalue weighted by Gasteiger charge is 2.17. The number of aryl methyl sites for hydroxylation is 1. The lowest BCUT2D eigenvalue weighted by Gasteiger charge is -2.14. The topological polar surface area (TPSA) is 78.3 Å². The minimum atomic E-state index is 0.570. The van der Waals surface area contributed by atoms with Crippen LogP contribution in [-0.2, 0) is 0 Å². The first-order valence-corrected chi connectivity index (χ1v) is 8.06. The molecular weight excluding hydrogens is 338 g/mol. The number of rotatable bonds is 2. The van der Waals surface area contributed by atoms with E-state index in [-0.39, 0.29) is 0 Å². The second kappa shape index (κ2) is 7.04. The van der Waals surface area contributed by atoms with E-state index in [0.717, 1.165) is 33.2 Å². The molecule has 0 amide bonds. The molecule has 6 nitrogen and oxygen atoms in total. The fraction of sp³-hybridized carbons (Fsp3) is 0.167. The molecule has 3 heterocycles. The van der Waals surface area contributed by atoms with Crippen LogP contribution >= 0.6 is 11.6 Å². The van der Waals surface area contributed by atoms with Gasteiger partial charge in [0.2, 0.25) is 0 Å². The van der Waals surface area contributed by atoms with Crippen molar-refractivity contribution in [2.24, 2.45) is 5.73 Å². The van der Waals surface area contributed by atoms with Gasteiger partial charge in [0.1, 0.15) is 12.1 Å². The van der Waals surface area contributed by atoms with Crippen molar-refractivity contribution >= 4 is 28.2 Å². The molecule has 1 aromatic carbocycles. The average Bonchev–Trinajstić information content (AvgIpc) is 3.14. The number of ether oxygens (including phenoxy) is 1. The maximum absolute atomic E-state index is 6.57. The van der Waals surface area contributed by atoms with Gasteiger partial charge in [0.15, 0.2) is 5.65 Å². The lowest BCUT2D eigenvalue weighted by molar-refractivity contribution is 0.415. The predicted octanol–water partition coefficient (Wildman–Crippen LogP) is 3.49. The van der Waals surface area contributed by atoms with Crippen LogP contribution in [0.3, 0.4) is 0 Å². The van der Waals surface area contributed by atoms with Crippen LogP contribution in [0.2, 0.25) is 5.02 Å². The van der Waals surface area contributed by atoms with Gasteiger partial charge in [-0.2, -0.15) is 0 Å². The summed E-state index contributed by atoms with van der Waals surface area (Å²) in [6.07, 6.45) is 5.28. The lowest BCUT2D eigenvalue weighted by atomic mass is 9.99. The number of pyridine rings is 2. The van der Waals surface area contributed by atoms with Gasteiger partial charge in [-0.05, 0) is 37.7 Å². The van der Waals surface area contributed by atoms with Gasteiger partial charge < -0.3 is 10.5 Å². The molecule has 7 heteroatoms. The van der Waals surface area contributed by atoms with E-state index in [1.54, 1.807) is 19.6 Å². The van der Waals surface area contributed by atoms with Crippen molar-refractivity contribution < 1.29 is 4.74 Å². The maximum atomic E-state index is 6.57. The van der Waals surface area contributed by atoms with Crippen molar-refractivity contribution in [3.05, 3.63) is 53.6 Å². The highest BCUT2D eigenvalue weighted by atomic mass is 35.5. The number of halogens is 1. The van der Waals surface area contributed by atoms with Gasteiger partial charge in [0.25, 0.3) is 0 Å². The first-order chi connectivity index (χ1) is 12.2. The largest absolute Gasteiger partial charge is 0.495 e. The third-order valence-electron chi connectivity index (χ3n) is 3.98. The van der Waals surface area contributed by atoms with E-state index >= 15 is 0 Å². The number of hydrogen-bond acceptors (Lipinski definition) is 5. The predicted molar refractivity (Wildman–Crippen MR) is 100 cm³/mol. The Morgan fingerprint density at radius 3 is 2.76 bits per heavy atom. The zero-order chi connectivity index (χ0) is 18.0. The summed E-state index contributed by atoms with van der Waals surface area (Å²) < 4.78 is 7.30. The Balaban J connectivity index is 0.000000880. The first kappa shape index (κ1) is 17.1. The Hall–Kier alpha value is -2.70. The minimum absolute atomic E-state index is 0.570. The molecule has 0 radical (unpaired) electrons. The third kappa shape index (κ3) is 2.79. The fourth-order valence-electron chi connectivity index (χ4n) is 2.87. The molecule has 4 rings (SSSR count). The number of nitrogens with zero attached hydrogens (tertiary/aromatic N) is 4. The van der Waals surface area contributed by atoms with Gasteiger partial charge in [0, 0.05) is 28.9 Å². The van der Waals surface area contributed by atoms with Crippen LogP contribution in [0.15, 0.2) is 43.0 Å². The highest BCUT2D eigenvalue weighted by molar-refractivity contribution is 6.35. The fourth-order valence-corrected chi connectivity index (χ4v) is 3.26. The number of aromatic nitrogens is 4. The summed E-state index contributed by atoms with van der Waals surface area (Å²) in [5.74, 6) is 0.635. The number of hydrogen-bond donors (Lipinski definition) is 1. The summed E-state index contributed by atoms with van der Waals surface area (Å²) in [6, 6.07) is 7.83. The van der Waals surface area contributed by atoms with Gasteiger partial charge in [0.05, 0.1) is 17.6 Å². The molecule has 0 aliphatic carbocycles. The normalized spacial score (nSPS) is 10.6. The summed E-state index contributed by atoms with van der Waals surface area (Å²) in [6.45, 7) is 2.01. The lowest BCUT2D eigenvalue weighted by Crippen LogP contribution is -1.95. The van der Waals surface area contributed by atoms with Crippen LogP contribution < -0.4 is 10.5 Å². The molecule has 25 heavy (non-hydrogen) atoms. The van der Waals surface area contributed by atoms with Crippen LogP contribution in [-0.4, -0.2) is 33.7 Å². The summed E-state index contributed by atoms with van der Waals surface area (Å²) in [5.41, 5.74) is 9.10. The SMILES string of the molecule is CN.COc1ccc(C)c(-c2cc3cnccc3n3cnnc23)c1Cl. The molecule has 0 saturated carbocycles. The van der Waals surface area contributed by atoms with E-state index in [9.17, 15) is 0 Å². The molecule has 0 unspecified atom stereocenters. The summed E-state index contributed by atoms with van der Waals surface area (Å²) >= 11 is 6.57. The Morgan fingerprint density at radius 2 is 2.00 bits per heavy atom. The molecule has 4 aromatic rings. The molecular formula is C18H18ClN5O. The Bertz CT molecular complexity index is 1040. The standard InChI is InChI=1S/C17H13ClN4O.CH5N/c1-10-3-4-14(23-2)16(18)15(10)12-7-11-8-19-6-5-13(11)22-9-20-21-17(12)22;1-2/h3-9H,1-2H3;2H2,1H3. The zero-order valence-electron chi connectivity index (χ0n) is 14.2. The number of methoxy groups -OCH3 is 1. The summed E-state index contributed by atoms with van der Waals surface area (Å²) in [7, 11) is 3.11. The van der Waals surface area contributed by atoms with Crippen molar-refractivity contribution in [2.45, 2.75) is 6.92 Å². The van der Waals surface area contributed by atoms with Crippen LogP contribution in [0.4, 0.5) is 0 Å². The maximum Gasteiger partial charge on any atom is 0.169 e. The van der Waals surface area contributed by atoms with E-state index in [1.165, 1.54) is 7.05 Å². The second-order valence-electron chi connectivity index (χ2n) is 5.29. The van der Waals surface area contributed by atoms with Crippen molar-refractivity contribution in [3.8, 4) is 16.9 Å². The molecule has 128 valence electrons. The molecule has 3 aromatic heterocycles. The molecule has 0 aliphatic heterocycles. The van der Waals surface area contributed by atoms with Gasteiger partial charge in [-0.3, -0.25) is 9.38 Å². The Kier molecular flexibility index (Phi) is 4.83. The molecule has 0 spiro atoms. The van der Waals surface area contributed by atoms with E-state index in [0.29, 0.717) is 10.8 Å². The number of benzene rings is 1. The van der Waals surface area contributed by atoms with E-state index < -0.39 is 0 Å². The summed E-state index contributed by atoms with van der Waals surface area (Å²) in [4.78, 5) is 4.21. The van der Waals surface area contributed by atoms with Crippen LogP contribution in [0.25, 0.3) is 27.7 Å². The zero-order valence-corrected chi connectivity index (χ0v) is 14.9. The van der Waals surface area contributed by atoms with Gasteiger partial charge >= 0.3 is 0 Å². The molecule has 0 saturated heterocycles. The Labute approximate surface area is 150 Å². The van der Waals surface area contributed by atoms with Crippen molar-refractivity contribution in [1.29, 1.82) is 0 Å². The molecule has 0 fully saturated rings. The average molecular weight is 356 g/mol. The van der Waals surface area contributed by atoms with E-state index in [1.807, 2.05) is 41.8 Å². The molecule has 0 bridgehead atoms.